The number of hydrogen-bond acceptors (Lipinski definition) is 4. The SMILES string of the molecule is CC(C)c1nc2n(n1)CCC[C@H]2NS(=O)(=O)C1=Cc2ccccc2CC1. The van der Waals surface area contributed by atoms with Gasteiger partial charge in [0.25, 0.3) is 0 Å². The number of aromatic nitrogens is 3. The predicted molar refractivity (Wildman–Crippen MR) is 101 cm³/mol. The van der Waals surface area contributed by atoms with Crippen LogP contribution in [-0.4, -0.2) is 23.2 Å². The summed E-state index contributed by atoms with van der Waals surface area (Å²) in [5, 5.41) is 4.53. The fourth-order valence-corrected chi connectivity index (χ4v) is 5.01. The number of benzene rings is 1. The number of aryl methyl sites for hydroxylation is 2. The highest BCUT2D eigenvalue weighted by atomic mass is 32.2. The molecule has 2 aromatic rings. The van der Waals surface area contributed by atoms with Crippen LogP contribution in [0.2, 0.25) is 0 Å². The Hall–Kier alpha value is -1.99. The number of sulfonamides is 1. The van der Waals surface area contributed by atoms with E-state index >= 15 is 0 Å². The second kappa shape index (κ2) is 6.63. The van der Waals surface area contributed by atoms with E-state index in [0.717, 1.165) is 43.0 Å². The molecule has 2 heterocycles. The highest BCUT2D eigenvalue weighted by Gasteiger charge is 2.31. The zero-order valence-corrected chi connectivity index (χ0v) is 16.0. The van der Waals surface area contributed by atoms with Gasteiger partial charge in [0.05, 0.1) is 10.9 Å². The number of nitrogens with zero attached hydrogens (tertiary/aromatic N) is 3. The molecule has 0 amide bonds. The average Bonchev–Trinajstić information content (AvgIpc) is 3.07. The Labute approximate surface area is 154 Å². The maximum absolute atomic E-state index is 13.0. The first-order valence-electron chi connectivity index (χ1n) is 9.19. The summed E-state index contributed by atoms with van der Waals surface area (Å²) in [6.45, 7) is 4.89. The molecule has 1 aliphatic heterocycles. The first-order chi connectivity index (χ1) is 12.4. The van der Waals surface area contributed by atoms with Gasteiger partial charge >= 0.3 is 0 Å². The molecule has 2 aliphatic rings. The minimum Gasteiger partial charge on any atom is -0.248 e. The van der Waals surface area contributed by atoms with Gasteiger partial charge in [0, 0.05) is 12.5 Å². The Bertz CT molecular complexity index is 960. The average molecular weight is 372 g/mol. The zero-order valence-electron chi connectivity index (χ0n) is 15.1. The summed E-state index contributed by atoms with van der Waals surface area (Å²) in [6, 6.07) is 7.64. The molecule has 7 heteroatoms. The summed E-state index contributed by atoms with van der Waals surface area (Å²) in [6.07, 6.45) is 4.72. The Morgan fingerprint density at radius 2 is 2.04 bits per heavy atom. The minimum atomic E-state index is -3.55. The number of fused-ring (bicyclic) bond motifs is 2. The van der Waals surface area contributed by atoms with Gasteiger partial charge in [-0.3, -0.25) is 0 Å². The third-order valence-electron chi connectivity index (χ3n) is 5.06. The molecule has 0 spiro atoms. The van der Waals surface area contributed by atoms with Crippen molar-refractivity contribution in [3.8, 4) is 0 Å². The lowest BCUT2D eigenvalue weighted by molar-refractivity contribution is 0.400. The van der Waals surface area contributed by atoms with E-state index in [4.69, 9.17) is 0 Å². The van der Waals surface area contributed by atoms with Crippen LogP contribution in [0, 0.1) is 0 Å². The fraction of sp³-hybridized carbons (Fsp3) is 0.474. The van der Waals surface area contributed by atoms with Gasteiger partial charge in [0.1, 0.15) is 5.82 Å². The normalized spacial score (nSPS) is 19.8. The lowest BCUT2D eigenvalue weighted by Gasteiger charge is -2.24. The largest absolute Gasteiger partial charge is 0.248 e. The van der Waals surface area contributed by atoms with Crippen LogP contribution in [0.1, 0.15) is 67.8 Å². The van der Waals surface area contributed by atoms with Crippen molar-refractivity contribution in [2.45, 2.75) is 58.0 Å². The monoisotopic (exact) mass is 372 g/mol. The van der Waals surface area contributed by atoms with E-state index in [1.165, 1.54) is 5.56 Å². The van der Waals surface area contributed by atoms with Gasteiger partial charge in [-0.15, -0.1) is 0 Å². The number of rotatable bonds is 4. The molecule has 4 rings (SSSR count). The van der Waals surface area contributed by atoms with Crippen molar-refractivity contribution in [2.75, 3.05) is 0 Å². The maximum atomic E-state index is 13.0. The van der Waals surface area contributed by atoms with Crippen molar-refractivity contribution in [3.05, 3.63) is 51.9 Å². The summed E-state index contributed by atoms with van der Waals surface area (Å²) >= 11 is 0. The molecule has 0 unspecified atom stereocenters. The van der Waals surface area contributed by atoms with Crippen LogP contribution in [0.4, 0.5) is 0 Å². The van der Waals surface area contributed by atoms with E-state index in [1.54, 1.807) is 6.08 Å². The number of hydrogen-bond donors (Lipinski definition) is 1. The molecule has 1 atom stereocenters. The summed E-state index contributed by atoms with van der Waals surface area (Å²) < 4.78 is 30.7. The Morgan fingerprint density at radius 3 is 2.85 bits per heavy atom. The Balaban J connectivity index is 1.61. The van der Waals surface area contributed by atoms with Gasteiger partial charge < -0.3 is 0 Å². The van der Waals surface area contributed by atoms with Crippen LogP contribution in [0.15, 0.2) is 29.2 Å². The lowest BCUT2D eigenvalue weighted by atomic mass is 9.98. The zero-order chi connectivity index (χ0) is 18.3. The van der Waals surface area contributed by atoms with E-state index in [-0.39, 0.29) is 12.0 Å². The van der Waals surface area contributed by atoms with Gasteiger partial charge in [0.2, 0.25) is 10.0 Å². The molecule has 0 radical (unpaired) electrons. The highest BCUT2D eigenvalue weighted by molar-refractivity contribution is 7.93. The third kappa shape index (κ3) is 3.21. The lowest BCUT2D eigenvalue weighted by Crippen LogP contribution is -2.34. The van der Waals surface area contributed by atoms with Gasteiger partial charge in [-0.2, -0.15) is 5.10 Å². The summed E-state index contributed by atoms with van der Waals surface area (Å²) in [5.41, 5.74) is 2.19. The molecule has 0 saturated carbocycles. The Kier molecular flexibility index (Phi) is 4.44. The second-order valence-corrected chi connectivity index (χ2v) is 9.10. The summed E-state index contributed by atoms with van der Waals surface area (Å²) in [4.78, 5) is 5.06. The van der Waals surface area contributed by atoms with Crippen molar-refractivity contribution < 1.29 is 8.42 Å². The molecule has 1 aromatic heterocycles. The standard InChI is InChI=1S/C19H24N4O2S/c1-13(2)18-20-19-17(8-5-11-23(19)21-18)22-26(24,25)16-10-9-14-6-3-4-7-15(14)12-16/h3-4,6-7,12-13,17,22H,5,8-11H2,1-2H3/t17-/m1/s1. The minimum absolute atomic E-state index is 0.225. The third-order valence-corrected chi connectivity index (χ3v) is 6.67. The number of nitrogens with one attached hydrogen (secondary N) is 1. The molecule has 0 bridgehead atoms. The van der Waals surface area contributed by atoms with Crippen molar-refractivity contribution in [3.63, 3.8) is 0 Å². The van der Waals surface area contributed by atoms with E-state index in [9.17, 15) is 8.42 Å². The Morgan fingerprint density at radius 1 is 1.23 bits per heavy atom. The van der Waals surface area contributed by atoms with Crippen LogP contribution in [0.3, 0.4) is 0 Å². The quantitative estimate of drug-likeness (QED) is 0.894. The van der Waals surface area contributed by atoms with Gasteiger partial charge in [-0.25, -0.2) is 22.8 Å². The number of allylic oxidation sites excluding steroid dienone is 1. The molecule has 0 fully saturated rings. The van der Waals surface area contributed by atoms with Crippen molar-refractivity contribution >= 4 is 16.1 Å². The van der Waals surface area contributed by atoms with Crippen molar-refractivity contribution in [1.82, 2.24) is 19.5 Å². The van der Waals surface area contributed by atoms with E-state index in [1.807, 2.05) is 36.7 Å². The molecule has 138 valence electrons. The molecule has 1 N–H and O–H groups in total. The first kappa shape index (κ1) is 17.4. The molecule has 26 heavy (non-hydrogen) atoms. The molecule has 0 saturated heterocycles. The van der Waals surface area contributed by atoms with E-state index in [0.29, 0.717) is 11.3 Å². The molecular weight excluding hydrogens is 348 g/mol. The topological polar surface area (TPSA) is 76.9 Å². The molecule has 6 nitrogen and oxygen atoms in total. The molecule has 1 aromatic carbocycles. The highest BCUT2D eigenvalue weighted by Crippen LogP contribution is 2.30. The maximum Gasteiger partial charge on any atom is 0.237 e. The van der Waals surface area contributed by atoms with Gasteiger partial charge in [-0.1, -0.05) is 38.1 Å². The first-order valence-corrected chi connectivity index (χ1v) is 10.7. The fourth-order valence-electron chi connectivity index (χ4n) is 3.61. The molecular formula is C19H24N4O2S. The van der Waals surface area contributed by atoms with Crippen molar-refractivity contribution in [1.29, 1.82) is 0 Å². The van der Waals surface area contributed by atoms with Gasteiger partial charge in [0.15, 0.2) is 5.82 Å². The predicted octanol–water partition coefficient (Wildman–Crippen LogP) is 3.14. The van der Waals surface area contributed by atoms with Crippen molar-refractivity contribution in [2.24, 2.45) is 0 Å². The van der Waals surface area contributed by atoms with Gasteiger partial charge in [-0.05, 0) is 42.9 Å². The van der Waals surface area contributed by atoms with E-state index < -0.39 is 10.0 Å². The van der Waals surface area contributed by atoms with Crippen LogP contribution >= 0.6 is 0 Å². The smallest absolute Gasteiger partial charge is 0.237 e. The molecule has 1 aliphatic carbocycles. The summed E-state index contributed by atoms with van der Waals surface area (Å²) in [7, 11) is -3.55. The van der Waals surface area contributed by atoms with Crippen LogP contribution in [0.5, 0.6) is 0 Å². The summed E-state index contributed by atoms with van der Waals surface area (Å²) in [5.74, 6) is 1.74. The second-order valence-electron chi connectivity index (χ2n) is 7.33. The van der Waals surface area contributed by atoms with E-state index in [2.05, 4.69) is 20.9 Å². The van der Waals surface area contributed by atoms with Crippen LogP contribution in [-0.2, 0) is 23.0 Å². The van der Waals surface area contributed by atoms with Crippen LogP contribution < -0.4 is 4.72 Å². The van der Waals surface area contributed by atoms with Crippen LogP contribution in [0.25, 0.3) is 6.08 Å².